The van der Waals surface area contributed by atoms with Gasteiger partial charge in [0.05, 0.1) is 6.04 Å². The molecule has 1 aliphatic rings. The number of hydrogen-bond donors (Lipinski definition) is 2. The van der Waals surface area contributed by atoms with Crippen LogP contribution < -0.4 is 11.1 Å². The Morgan fingerprint density at radius 2 is 2.00 bits per heavy atom. The van der Waals surface area contributed by atoms with Crippen LogP contribution in [-0.2, 0) is 4.79 Å². The molecule has 1 aliphatic carbocycles. The van der Waals surface area contributed by atoms with Crippen molar-refractivity contribution in [1.29, 1.82) is 0 Å². The summed E-state index contributed by atoms with van der Waals surface area (Å²) in [7, 11) is 0. The Kier molecular flexibility index (Phi) is 5.26. The molecule has 0 saturated heterocycles. The summed E-state index contributed by atoms with van der Waals surface area (Å²) in [6.45, 7) is 5.12. The lowest BCUT2D eigenvalue weighted by molar-refractivity contribution is -0.123. The Labute approximate surface area is 99.2 Å². The molecule has 0 unspecified atom stereocenters. The summed E-state index contributed by atoms with van der Waals surface area (Å²) >= 11 is 0. The highest BCUT2D eigenvalue weighted by Gasteiger charge is 2.27. The first-order valence-electron chi connectivity index (χ1n) is 6.61. The minimum Gasteiger partial charge on any atom is -0.354 e. The predicted molar refractivity (Wildman–Crippen MR) is 67.1 cm³/mol. The van der Waals surface area contributed by atoms with Crippen molar-refractivity contribution >= 4 is 5.91 Å². The molecule has 0 heterocycles. The van der Waals surface area contributed by atoms with Crippen molar-refractivity contribution in [2.45, 2.75) is 64.8 Å². The fraction of sp³-hybridized carbons (Fsp3) is 0.923. The molecule has 1 amide bonds. The SMILES string of the molecule is CCC[C@@H](N)C(=O)NCC1(C)CCCCC1. The molecule has 1 saturated carbocycles. The lowest BCUT2D eigenvalue weighted by Gasteiger charge is -2.34. The van der Waals surface area contributed by atoms with Crippen LogP contribution in [0.5, 0.6) is 0 Å². The van der Waals surface area contributed by atoms with E-state index in [1.807, 2.05) is 0 Å². The number of amides is 1. The Bertz CT molecular complexity index is 222. The van der Waals surface area contributed by atoms with Gasteiger partial charge in [-0.25, -0.2) is 0 Å². The highest BCUT2D eigenvalue weighted by molar-refractivity contribution is 5.81. The molecule has 3 heteroatoms. The zero-order valence-electron chi connectivity index (χ0n) is 10.7. The van der Waals surface area contributed by atoms with Crippen LogP contribution in [0.15, 0.2) is 0 Å². The Hall–Kier alpha value is -0.570. The van der Waals surface area contributed by atoms with Gasteiger partial charge in [-0.05, 0) is 24.7 Å². The molecular weight excluding hydrogens is 200 g/mol. The molecular formula is C13H26N2O. The van der Waals surface area contributed by atoms with Crippen molar-refractivity contribution < 1.29 is 4.79 Å². The monoisotopic (exact) mass is 226 g/mol. The van der Waals surface area contributed by atoms with Gasteiger partial charge in [0.25, 0.3) is 0 Å². The first-order chi connectivity index (χ1) is 7.57. The van der Waals surface area contributed by atoms with E-state index >= 15 is 0 Å². The van der Waals surface area contributed by atoms with Crippen molar-refractivity contribution in [3.8, 4) is 0 Å². The van der Waals surface area contributed by atoms with E-state index in [1.54, 1.807) is 0 Å². The van der Waals surface area contributed by atoms with E-state index in [4.69, 9.17) is 5.73 Å². The molecule has 0 spiro atoms. The maximum atomic E-state index is 11.7. The quantitative estimate of drug-likeness (QED) is 0.755. The molecule has 1 fully saturated rings. The molecule has 3 nitrogen and oxygen atoms in total. The molecule has 94 valence electrons. The largest absolute Gasteiger partial charge is 0.354 e. The van der Waals surface area contributed by atoms with Gasteiger partial charge in [-0.3, -0.25) is 4.79 Å². The van der Waals surface area contributed by atoms with Gasteiger partial charge in [0.1, 0.15) is 0 Å². The van der Waals surface area contributed by atoms with Gasteiger partial charge >= 0.3 is 0 Å². The molecule has 0 aromatic rings. The fourth-order valence-corrected chi connectivity index (χ4v) is 2.46. The molecule has 1 rings (SSSR count). The molecule has 16 heavy (non-hydrogen) atoms. The van der Waals surface area contributed by atoms with Crippen molar-refractivity contribution in [3.05, 3.63) is 0 Å². The average molecular weight is 226 g/mol. The number of hydrogen-bond acceptors (Lipinski definition) is 2. The van der Waals surface area contributed by atoms with Gasteiger partial charge in [-0.1, -0.05) is 39.5 Å². The van der Waals surface area contributed by atoms with E-state index in [0.29, 0.717) is 5.41 Å². The summed E-state index contributed by atoms with van der Waals surface area (Å²) in [6.07, 6.45) is 8.15. The maximum absolute atomic E-state index is 11.7. The van der Waals surface area contributed by atoms with E-state index < -0.39 is 0 Å². The smallest absolute Gasteiger partial charge is 0.236 e. The minimum absolute atomic E-state index is 0.0219. The van der Waals surface area contributed by atoms with Crippen LogP contribution in [-0.4, -0.2) is 18.5 Å². The van der Waals surface area contributed by atoms with Crippen LogP contribution in [0.2, 0.25) is 0 Å². The number of carbonyl (C=O) groups is 1. The lowest BCUT2D eigenvalue weighted by Crippen LogP contribution is -2.45. The third-order valence-electron chi connectivity index (χ3n) is 3.69. The highest BCUT2D eigenvalue weighted by atomic mass is 16.2. The second-order valence-corrected chi connectivity index (χ2v) is 5.48. The molecule has 0 aromatic heterocycles. The van der Waals surface area contributed by atoms with E-state index in [-0.39, 0.29) is 11.9 Å². The van der Waals surface area contributed by atoms with Crippen molar-refractivity contribution in [2.24, 2.45) is 11.1 Å². The van der Waals surface area contributed by atoms with Crippen molar-refractivity contribution in [2.75, 3.05) is 6.54 Å². The molecule has 1 atom stereocenters. The number of nitrogens with one attached hydrogen (secondary N) is 1. The molecule has 0 aromatic carbocycles. The van der Waals surface area contributed by atoms with E-state index in [0.717, 1.165) is 19.4 Å². The van der Waals surface area contributed by atoms with E-state index in [2.05, 4.69) is 19.2 Å². The third-order valence-corrected chi connectivity index (χ3v) is 3.69. The van der Waals surface area contributed by atoms with Crippen LogP contribution in [0.25, 0.3) is 0 Å². The van der Waals surface area contributed by atoms with Crippen molar-refractivity contribution in [3.63, 3.8) is 0 Å². The van der Waals surface area contributed by atoms with Gasteiger partial charge in [0.2, 0.25) is 5.91 Å². The molecule has 0 aliphatic heterocycles. The lowest BCUT2D eigenvalue weighted by atomic mass is 9.76. The Morgan fingerprint density at radius 3 is 2.56 bits per heavy atom. The average Bonchev–Trinajstić information content (AvgIpc) is 2.27. The Morgan fingerprint density at radius 1 is 1.38 bits per heavy atom. The normalized spacial score (nSPS) is 21.4. The first-order valence-corrected chi connectivity index (χ1v) is 6.61. The standard InChI is InChI=1S/C13H26N2O/c1-3-7-11(14)12(16)15-10-13(2)8-5-4-6-9-13/h11H,3-10,14H2,1-2H3,(H,15,16)/t11-/m1/s1. The molecule has 0 radical (unpaired) electrons. The predicted octanol–water partition coefficient (Wildman–Crippen LogP) is 2.20. The van der Waals surface area contributed by atoms with Gasteiger partial charge in [-0.15, -0.1) is 0 Å². The summed E-state index contributed by atoms with van der Waals surface area (Å²) in [4.78, 5) is 11.7. The summed E-state index contributed by atoms with van der Waals surface area (Å²) in [5.41, 5.74) is 6.08. The van der Waals surface area contributed by atoms with E-state index in [1.165, 1.54) is 32.1 Å². The Balaban J connectivity index is 2.29. The van der Waals surface area contributed by atoms with Gasteiger partial charge in [0.15, 0.2) is 0 Å². The second-order valence-electron chi connectivity index (χ2n) is 5.48. The zero-order valence-corrected chi connectivity index (χ0v) is 10.7. The highest BCUT2D eigenvalue weighted by Crippen LogP contribution is 2.34. The minimum atomic E-state index is -0.322. The number of carbonyl (C=O) groups excluding carboxylic acids is 1. The summed E-state index contributed by atoms with van der Waals surface area (Å²) < 4.78 is 0. The van der Waals surface area contributed by atoms with Gasteiger partial charge in [-0.2, -0.15) is 0 Å². The van der Waals surface area contributed by atoms with Gasteiger partial charge < -0.3 is 11.1 Å². The summed E-state index contributed by atoms with van der Waals surface area (Å²) in [5, 5.41) is 3.01. The topological polar surface area (TPSA) is 55.1 Å². The fourth-order valence-electron chi connectivity index (χ4n) is 2.46. The summed E-state index contributed by atoms with van der Waals surface area (Å²) in [5.74, 6) is 0.0219. The van der Waals surface area contributed by atoms with Crippen LogP contribution in [0.1, 0.15) is 58.8 Å². The van der Waals surface area contributed by atoms with Crippen LogP contribution in [0, 0.1) is 5.41 Å². The summed E-state index contributed by atoms with van der Waals surface area (Å²) in [6, 6.07) is -0.322. The van der Waals surface area contributed by atoms with Crippen molar-refractivity contribution in [1.82, 2.24) is 5.32 Å². The van der Waals surface area contributed by atoms with Gasteiger partial charge in [0, 0.05) is 6.54 Å². The number of rotatable bonds is 5. The third kappa shape index (κ3) is 4.12. The van der Waals surface area contributed by atoms with Crippen LogP contribution in [0.4, 0.5) is 0 Å². The maximum Gasteiger partial charge on any atom is 0.236 e. The zero-order chi connectivity index (χ0) is 12.0. The van der Waals surface area contributed by atoms with E-state index in [9.17, 15) is 4.79 Å². The first kappa shape index (κ1) is 13.5. The molecule has 0 bridgehead atoms. The number of nitrogens with two attached hydrogens (primary N) is 1. The molecule has 3 N–H and O–H groups in total. The van der Waals surface area contributed by atoms with Crippen LogP contribution in [0.3, 0.4) is 0 Å². The van der Waals surface area contributed by atoms with Crippen LogP contribution >= 0.6 is 0 Å². The second kappa shape index (κ2) is 6.24.